The second-order valence-electron chi connectivity index (χ2n) is 6.72. The second kappa shape index (κ2) is 8.05. The zero-order chi connectivity index (χ0) is 20.4. The molecule has 1 aliphatic heterocycles. The fourth-order valence-corrected chi connectivity index (χ4v) is 3.45. The number of aliphatic imine (C=N–C) groups is 1. The van der Waals surface area contributed by atoms with Crippen molar-refractivity contribution in [3.63, 3.8) is 0 Å². The van der Waals surface area contributed by atoms with Crippen molar-refractivity contribution in [3.8, 4) is 5.75 Å². The van der Waals surface area contributed by atoms with E-state index in [2.05, 4.69) is 15.9 Å². The number of benzene rings is 3. The van der Waals surface area contributed by atoms with Gasteiger partial charge in [-0.25, -0.2) is 4.99 Å². The highest BCUT2D eigenvalue weighted by molar-refractivity contribution is 9.10. The van der Waals surface area contributed by atoms with Crippen molar-refractivity contribution < 1.29 is 9.53 Å². The van der Waals surface area contributed by atoms with Crippen LogP contribution in [0.25, 0.3) is 6.08 Å². The third kappa shape index (κ3) is 4.00. The molecule has 3 aromatic rings. The van der Waals surface area contributed by atoms with Crippen LogP contribution in [0.5, 0.6) is 5.75 Å². The standard InChI is InChI=1S/C24H19BrN2O2/c1-16-4-3-5-18(14-16)23-26-22(15-17-6-8-19(25)9-7-17)24(28)27(23)20-10-12-21(29-2)13-11-20/h3-15H,1-2H3/b22-15+. The van der Waals surface area contributed by atoms with Gasteiger partial charge in [-0.2, -0.15) is 0 Å². The molecule has 0 atom stereocenters. The number of amides is 1. The Morgan fingerprint density at radius 3 is 2.38 bits per heavy atom. The van der Waals surface area contributed by atoms with E-state index >= 15 is 0 Å². The van der Waals surface area contributed by atoms with E-state index in [0.717, 1.165) is 32.6 Å². The first kappa shape index (κ1) is 19.2. The molecule has 0 saturated carbocycles. The third-order valence-corrected chi connectivity index (χ3v) is 5.17. The van der Waals surface area contributed by atoms with E-state index in [-0.39, 0.29) is 5.91 Å². The molecular weight excluding hydrogens is 428 g/mol. The summed E-state index contributed by atoms with van der Waals surface area (Å²) in [5.74, 6) is 1.20. The van der Waals surface area contributed by atoms with Gasteiger partial charge in [0.15, 0.2) is 0 Å². The Labute approximate surface area is 178 Å². The van der Waals surface area contributed by atoms with E-state index in [0.29, 0.717) is 11.5 Å². The lowest BCUT2D eigenvalue weighted by Crippen LogP contribution is -2.32. The first-order valence-corrected chi connectivity index (χ1v) is 9.96. The van der Waals surface area contributed by atoms with Crippen molar-refractivity contribution in [3.05, 3.63) is 99.7 Å². The van der Waals surface area contributed by atoms with Gasteiger partial charge in [0.25, 0.3) is 5.91 Å². The van der Waals surface area contributed by atoms with E-state index in [1.165, 1.54) is 0 Å². The molecule has 4 rings (SSSR count). The number of nitrogens with zero attached hydrogens (tertiary/aromatic N) is 2. The van der Waals surface area contributed by atoms with Crippen LogP contribution in [0.1, 0.15) is 16.7 Å². The van der Waals surface area contributed by atoms with Crippen molar-refractivity contribution in [2.75, 3.05) is 12.0 Å². The molecule has 0 radical (unpaired) electrons. The van der Waals surface area contributed by atoms with Crippen LogP contribution in [0.4, 0.5) is 5.69 Å². The second-order valence-corrected chi connectivity index (χ2v) is 7.64. The summed E-state index contributed by atoms with van der Waals surface area (Å²) in [6, 6.07) is 23.2. The van der Waals surface area contributed by atoms with Crippen molar-refractivity contribution >= 4 is 39.4 Å². The summed E-state index contributed by atoms with van der Waals surface area (Å²) in [4.78, 5) is 19.7. The number of ether oxygens (including phenoxy) is 1. The summed E-state index contributed by atoms with van der Waals surface area (Å²) in [7, 11) is 1.62. The maximum Gasteiger partial charge on any atom is 0.282 e. The highest BCUT2D eigenvalue weighted by Gasteiger charge is 2.32. The predicted molar refractivity (Wildman–Crippen MR) is 120 cm³/mol. The van der Waals surface area contributed by atoms with Gasteiger partial charge in [0, 0.05) is 10.0 Å². The molecule has 1 heterocycles. The molecule has 0 spiro atoms. The quantitative estimate of drug-likeness (QED) is 0.489. The van der Waals surface area contributed by atoms with Crippen LogP contribution in [0, 0.1) is 6.92 Å². The molecule has 0 aromatic heterocycles. The molecule has 0 fully saturated rings. The van der Waals surface area contributed by atoms with Crippen LogP contribution in [0.15, 0.2) is 88.0 Å². The highest BCUT2D eigenvalue weighted by atomic mass is 79.9. The Bertz CT molecular complexity index is 1120. The van der Waals surface area contributed by atoms with Crippen LogP contribution >= 0.6 is 15.9 Å². The average Bonchev–Trinajstić information content (AvgIpc) is 3.06. The van der Waals surface area contributed by atoms with Crippen molar-refractivity contribution in [1.29, 1.82) is 0 Å². The maximum absolute atomic E-state index is 13.3. The van der Waals surface area contributed by atoms with Crippen molar-refractivity contribution in [2.24, 2.45) is 4.99 Å². The Hall–Kier alpha value is -3.18. The molecule has 1 amide bonds. The van der Waals surface area contributed by atoms with Crippen LogP contribution < -0.4 is 9.64 Å². The van der Waals surface area contributed by atoms with E-state index in [9.17, 15) is 4.79 Å². The smallest absolute Gasteiger partial charge is 0.282 e. The minimum atomic E-state index is -0.158. The molecule has 0 saturated heterocycles. The molecule has 3 aromatic carbocycles. The topological polar surface area (TPSA) is 41.9 Å². The Balaban J connectivity index is 1.80. The number of carbonyl (C=O) groups excluding carboxylic acids is 1. The summed E-state index contributed by atoms with van der Waals surface area (Å²) < 4.78 is 6.23. The van der Waals surface area contributed by atoms with Crippen molar-refractivity contribution in [1.82, 2.24) is 0 Å². The molecule has 1 aliphatic rings. The molecule has 5 heteroatoms. The lowest BCUT2D eigenvalue weighted by molar-refractivity contribution is -0.113. The van der Waals surface area contributed by atoms with E-state index in [1.807, 2.05) is 85.8 Å². The number of hydrogen-bond donors (Lipinski definition) is 0. The van der Waals surface area contributed by atoms with E-state index in [1.54, 1.807) is 12.0 Å². The van der Waals surface area contributed by atoms with Gasteiger partial charge in [0.2, 0.25) is 0 Å². The first-order chi connectivity index (χ1) is 14.0. The number of carbonyl (C=O) groups is 1. The monoisotopic (exact) mass is 446 g/mol. The molecule has 0 aliphatic carbocycles. The number of hydrogen-bond acceptors (Lipinski definition) is 3. The highest BCUT2D eigenvalue weighted by Crippen LogP contribution is 2.29. The van der Waals surface area contributed by atoms with Gasteiger partial charge in [-0.15, -0.1) is 0 Å². The summed E-state index contributed by atoms with van der Waals surface area (Å²) in [5.41, 5.74) is 4.07. The molecular formula is C24H19BrN2O2. The SMILES string of the molecule is COc1ccc(N2C(=O)/C(=C\c3ccc(Br)cc3)N=C2c2cccc(C)c2)cc1. The van der Waals surface area contributed by atoms with Gasteiger partial charge in [-0.1, -0.05) is 51.8 Å². The lowest BCUT2D eigenvalue weighted by Gasteiger charge is -2.19. The minimum Gasteiger partial charge on any atom is -0.497 e. The fraction of sp³-hybridized carbons (Fsp3) is 0.0833. The number of aryl methyl sites for hydroxylation is 1. The van der Waals surface area contributed by atoms with Gasteiger partial charge in [-0.05, 0) is 61.0 Å². The maximum atomic E-state index is 13.3. The predicted octanol–water partition coefficient (Wildman–Crippen LogP) is 5.60. The average molecular weight is 447 g/mol. The summed E-state index contributed by atoms with van der Waals surface area (Å²) in [6.45, 7) is 2.02. The van der Waals surface area contributed by atoms with Gasteiger partial charge in [0.1, 0.15) is 17.3 Å². The zero-order valence-corrected chi connectivity index (χ0v) is 17.7. The van der Waals surface area contributed by atoms with Crippen LogP contribution in [0.2, 0.25) is 0 Å². The van der Waals surface area contributed by atoms with Crippen LogP contribution in [-0.4, -0.2) is 18.9 Å². The fourth-order valence-electron chi connectivity index (χ4n) is 3.18. The summed E-state index contributed by atoms with van der Waals surface area (Å²) >= 11 is 3.44. The van der Waals surface area contributed by atoms with Gasteiger partial charge in [0.05, 0.1) is 12.8 Å². The van der Waals surface area contributed by atoms with E-state index in [4.69, 9.17) is 9.73 Å². The molecule has 29 heavy (non-hydrogen) atoms. The lowest BCUT2D eigenvalue weighted by atomic mass is 10.1. The zero-order valence-electron chi connectivity index (χ0n) is 16.1. The molecule has 144 valence electrons. The number of amidine groups is 1. The van der Waals surface area contributed by atoms with E-state index < -0.39 is 0 Å². The van der Waals surface area contributed by atoms with Crippen LogP contribution in [-0.2, 0) is 4.79 Å². The largest absolute Gasteiger partial charge is 0.497 e. The third-order valence-electron chi connectivity index (χ3n) is 4.64. The number of halogens is 1. The van der Waals surface area contributed by atoms with Gasteiger partial charge in [-0.3, -0.25) is 9.69 Å². The molecule has 4 nitrogen and oxygen atoms in total. The Morgan fingerprint density at radius 2 is 1.72 bits per heavy atom. The van der Waals surface area contributed by atoms with Gasteiger partial charge < -0.3 is 4.74 Å². The number of rotatable bonds is 4. The first-order valence-electron chi connectivity index (χ1n) is 9.16. The van der Waals surface area contributed by atoms with Gasteiger partial charge >= 0.3 is 0 Å². The molecule has 0 N–H and O–H groups in total. The summed E-state index contributed by atoms with van der Waals surface area (Å²) in [5, 5.41) is 0. The van der Waals surface area contributed by atoms with Crippen LogP contribution in [0.3, 0.4) is 0 Å². The molecule has 0 unspecified atom stereocenters. The number of anilines is 1. The normalized spacial score (nSPS) is 15.0. The molecule has 0 bridgehead atoms. The summed E-state index contributed by atoms with van der Waals surface area (Å²) in [6.07, 6.45) is 1.81. The Kier molecular flexibility index (Phi) is 5.32. The Morgan fingerprint density at radius 1 is 1.00 bits per heavy atom. The number of methoxy groups -OCH3 is 1. The van der Waals surface area contributed by atoms with Crippen molar-refractivity contribution in [2.45, 2.75) is 6.92 Å². The minimum absolute atomic E-state index is 0.158.